The van der Waals surface area contributed by atoms with Crippen molar-refractivity contribution in [2.75, 3.05) is 5.73 Å². The van der Waals surface area contributed by atoms with Crippen LogP contribution >= 0.6 is 43.2 Å². The first kappa shape index (κ1) is 13.6. The predicted molar refractivity (Wildman–Crippen MR) is 87.9 cm³/mol. The van der Waals surface area contributed by atoms with Crippen LogP contribution in [-0.4, -0.2) is 4.98 Å². The van der Waals surface area contributed by atoms with Crippen LogP contribution in [0.25, 0.3) is 0 Å². The normalized spacial score (nSPS) is 18.4. The van der Waals surface area contributed by atoms with Gasteiger partial charge in [-0.2, -0.15) is 0 Å². The smallest absolute Gasteiger partial charge is 0.180 e. The van der Waals surface area contributed by atoms with Crippen LogP contribution < -0.4 is 5.73 Å². The molecule has 1 aliphatic carbocycles. The lowest BCUT2D eigenvalue weighted by molar-refractivity contribution is 0.614. The van der Waals surface area contributed by atoms with E-state index in [1.54, 1.807) is 11.3 Å². The zero-order chi connectivity index (χ0) is 13.6. The summed E-state index contributed by atoms with van der Waals surface area (Å²) in [5.41, 5.74) is 9.66. The molecule has 0 saturated heterocycles. The molecule has 0 radical (unpaired) electrons. The predicted octanol–water partition coefficient (Wildman–Crippen LogP) is 5.03. The van der Waals surface area contributed by atoms with Gasteiger partial charge in [0.15, 0.2) is 5.13 Å². The molecule has 3 rings (SSSR count). The molecule has 2 nitrogen and oxygen atoms in total. The first-order valence-corrected chi connectivity index (χ1v) is 8.67. The summed E-state index contributed by atoms with van der Waals surface area (Å²) < 4.78 is 2.34. The molecule has 5 heteroatoms. The van der Waals surface area contributed by atoms with Gasteiger partial charge in [0, 0.05) is 19.7 Å². The van der Waals surface area contributed by atoms with Gasteiger partial charge in [0.05, 0.1) is 5.69 Å². The van der Waals surface area contributed by atoms with Crippen molar-refractivity contribution in [1.29, 1.82) is 0 Å². The minimum absolute atomic E-state index is 0.405. The largest absolute Gasteiger partial charge is 0.375 e. The summed E-state index contributed by atoms with van der Waals surface area (Å²) in [6.45, 7) is 2.11. The number of thiazole rings is 1. The highest BCUT2D eigenvalue weighted by atomic mass is 79.9. The third-order valence-corrected chi connectivity index (χ3v) is 5.89. The number of aryl methyl sites for hydroxylation is 2. The molecule has 0 aliphatic heterocycles. The molecule has 19 heavy (non-hydrogen) atoms. The van der Waals surface area contributed by atoms with E-state index in [0.29, 0.717) is 11.0 Å². The minimum Gasteiger partial charge on any atom is -0.375 e. The lowest BCUT2D eigenvalue weighted by Crippen LogP contribution is -2.10. The molecular formula is C14H14Br2N2S. The molecule has 1 aliphatic rings. The van der Waals surface area contributed by atoms with Gasteiger partial charge >= 0.3 is 0 Å². The molecule has 0 fully saturated rings. The van der Waals surface area contributed by atoms with Crippen LogP contribution in [0.3, 0.4) is 0 Å². The Kier molecular flexibility index (Phi) is 3.71. The number of hydrogen-bond donors (Lipinski definition) is 1. The van der Waals surface area contributed by atoms with Crippen LogP contribution in [0.2, 0.25) is 0 Å². The van der Waals surface area contributed by atoms with E-state index in [1.807, 2.05) is 0 Å². The highest BCUT2D eigenvalue weighted by Gasteiger charge is 2.28. The van der Waals surface area contributed by atoms with Gasteiger partial charge in [0.25, 0.3) is 0 Å². The minimum atomic E-state index is 0.405. The van der Waals surface area contributed by atoms with Crippen LogP contribution in [0.1, 0.15) is 40.5 Å². The monoisotopic (exact) mass is 400 g/mol. The van der Waals surface area contributed by atoms with Gasteiger partial charge in [-0.25, -0.2) is 4.98 Å². The summed E-state index contributed by atoms with van der Waals surface area (Å²) in [7, 11) is 0. The van der Waals surface area contributed by atoms with Crippen LogP contribution in [0.15, 0.2) is 21.1 Å². The lowest BCUT2D eigenvalue weighted by Gasteiger charge is -2.24. The highest BCUT2D eigenvalue weighted by molar-refractivity contribution is 9.11. The van der Waals surface area contributed by atoms with Crippen molar-refractivity contribution < 1.29 is 0 Å². The molecule has 1 unspecified atom stereocenters. The van der Waals surface area contributed by atoms with Crippen molar-refractivity contribution >= 4 is 48.3 Å². The second-order valence-electron chi connectivity index (χ2n) is 4.95. The molecule has 0 saturated carbocycles. The Balaban J connectivity index is 2.14. The van der Waals surface area contributed by atoms with E-state index in [4.69, 9.17) is 5.73 Å². The first-order valence-electron chi connectivity index (χ1n) is 6.27. The number of benzene rings is 1. The fraction of sp³-hybridized carbons (Fsp3) is 0.357. The third kappa shape index (κ3) is 2.48. The molecule has 2 N–H and O–H groups in total. The van der Waals surface area contributed by atoms with Crippen molar-refractivity contribution in [2.45, 2.75) is 32.1 Å². The van der Waals surface area contributed by atoms with Crippen LogP contribution in [0.4, 0.5) is 5.13 Å². The summed E-state index contributed by atoms with van der Waals surface area (Å²) in [5, 5.41) is 0.691. The molecule has 1 heterocycles. The number of fused-ring (bicyclic) bond motifs is 1. The maximum atomic E-state index is 5.88. The molecule has 1 atom stereocenters. The molecule has 1 aromatic carbocycles. The van der Waals surface area contributed by atoms with Gasteiger partial charge in [-0.05, 0) is 49.4 Å². The van der Waals surface area contributed by atoms with Gasteiger partial charge in [-0.1, -0.05) is 31.9 Å². The summed E-state index contributed by atoms with van der Waals surface area (Å²) in [5.74, 6) is 0.405. The Morgan fingerprint density at radius 1 is 1.32 bits per heavy atom. The molecule has 100 valence electrons. The first-order chi connectivity index (χ1) is 9.06. The van der Waals surface area contributed by atoms with E-state index in [1.165, 1.54) is 37.1 Å². The van der Waals surface area contributed by atoms with Crippen molar-refractivity contribution in [1.82, 2.24) is 4.98 Å². The number of anilines is 1. The van der Waals surface area contributed by atoms with E-state index in [2.05, 4.69) is 55.9 Å². The Bertz CT molecular complexity index is 613. The van der Waals surface area contributed by atoms with Gasteiger partial charge in [0.1, 0.15) is 0 Å². The summed E-state index contributed by atoms with van der Waals surface area (Å²) in [4.78, 5) is 5.81. The van der Waals surface area contributed by atoms with Crippen molar-refractivity contribution in [3.8, 4) is 0 Å². The van der Waals surface area contributed by atoms with Gasteiger partial charge < -0.3 is 5.73 Å². The summed E-state index contributed by atoms with van der Waals surface area (Å²) >= 11 is 9.07. The zero-order valence-electron chi connectivity index (χ0n) is 10.5. The maximum Gasteiger partial charge on any atom is 0.180 e. The Hall–Kier alpha value is -0.390. The Morgan fingerprint density at radius 2 is 2.00 bits per heavy atom. The van der Waals surface area contributed by atoms with Gasteiger partial charge in [-0.3, -0.25) is 0 Å². The fourth-order valence-electron chi connectivity index (χ4n) is 2.76. The van der Waals surface area contributed by atoms with E-state index in [-0.39, 0.29) is 0 Å². The van der Waals surface area contributed by atoms with Crippen molar-refractivity contribution in [3.63, 3.8) is 0 Å². The third-order valence-electron chi connectivity index (χ3n) is 3.54. The maximum absolute atomic E-state index is 5.88. The topological polar surface area (TPSA) is 38.9 Å². The highest BCUT2D eigenvalue weighted by Crippen LogP contribution is 2.45. The van der Waals surface area contributed by atoms with Crippen molar-refractivity contribution in [3.05, 3.63) is 42.8 Å². The average molecular weight is 402 g/mol. The van der Waals surface area contributed by atoms with E-state index in [9.17, 15) is 0 Å². The number of hydrogen-bond acceptors (Lipinski definition) is 3. The summed E-state index contributed by atoms with van der Waals surface area (Å²) in [6, 6.07) is 4.36. The number of rotatable bonds is 1. The number of nitrogens with zero attached hydrogens (tertiary/aromatic N) is 1. The van der Waals surface area contributed by atoms with Crippen molar-refractivity contribution in [2.24, 2.45) is 0 Å². The second-order valence-corrected chi connectivity index (χ2v) is 7.72. The van der Waals surface area contributed by atoms with Gasteiger partial charge in [-0.15, -0.1) is 11.3 Å². The summed E-state index contributed by atoms with van der Waals surface area (Å²) in [6.07, 6.45) is 3.39. The Labute approximate surface area is 133 Å². The lowest BCUT2D eigenvalue weighted by atomic mass is 9.86. The number of nitrogen functional groups attached to an aromatic ring is 1. The van der Waals surface area contributed by atoms with E-state index < -0.39 is 0 Å². The average Bonchev–Trinajstić information content (AvgIpc) is 2.68. The molecule has 0 bridgehead atoms. The molecular weight excluding hydrogens is 388 g/mol. The zero-order valence-corrected chi connectivity index (χ0v) is 14.5. The molecule has 1 aromatic heterocycles. The molecule has 0 spiro atoms. The van der Waals surface area contributed by atoms with Crippen LogP contribution in [0.5, 0.6) is 0 Å². The van der Waals surface area contributed by atoms with Crippen LogP contribution in [-0.2, 0) is 6.42 Å². The SMILES string of the molecule is Cc1cc(Br)c(C2CCCc3nc(N)sc32)c(Br)c1. The number of nitrogens with two attached hydrogens (primary N) is 1. The standard InChI is InChI=1S/C14H14Br2N2S/c1-7-5-9(15)12(10(16)6-7)8-3-2-4-11-13(8)19-14(17)18-11/h5-6,8H,2-4H2,1H3,(H2,17,18). The van der Waals surface area contributed by atoms with E-state index in [0.717, 1.165) is 12.8 Å². The number of halogens is 2. The number of aromatic nitrogens is 1. The quantitative estimate of drug-likeness (QED) is 0.727. The van der Waals surface area contributed by atoms with E-state index >= 15 is 0 Å². The van der Waals surface area contributed by atoms with Gasteiger partial charge in [0.2, 0.25) is 0 Å². The Morgan fingerprint density at radius 3 is 2.68 bits per heavy atom. The fourth-order valence-corrected chi connectivity index (χ4v) is 5.75. The van der Waals surface area contributed by atoms with Crippen LogP contribution in [0, 0.1) is 6.92 Å². The molecule has 2 aromatic rings. The molecule has 0 amide bonds. The second kappa shape index (κ2) is 5.19.